The Morgan fingerprint density at radius 3 is 2.41 bits per heavy atom. The number of sulfonamides is 1. The van der Waals surface area contributed by atoms with E-state index in [-0.39, 0.29) is 16.3 Å². The number of nitro benzene ring substituents is 1. The van der Waals surface area contributed by atoms with Gasteiger partial charge in [-0.2, -0.15) is 17.5 Å². The fourth-order valence-electron chi connectivity index (χ4n) is 3.49. The maximum atomic E-state index is 13.5. The molecule has 13 heteroatoms. The van der Waals surface area contributed by atoms with E-state index in [0.717, 1.165) is 24.3 Å². The number of hydrogen-bond acceptors (Lipinski definition) is 7. The molecule has 2 aromatic rings. The molecule has 1 atom stereocenters. The lowest BCUT2D eigenvalue weighted by Gasteiger charge is -2.28. The predicted molar refractivity (Wildman–Crippen MR) is 108 cm³/mol. The molecule has 9 nitrogen and oxygen atoms in total. The molecule has 1 aromatic heterocycles. The topological polar surface area (TPSA) is 126 Å². The van der Waals surface area contributed by atoms with Crippen LogP contribution in [0.15, 0.2) is 39.6 Å². The third kappa shape index (κ3) is 4.59. The quantitative estimate of drug-likeness (QED) is 0.440. The van der Waals surface area contributed by atoms with Crippen molar-refractivity contribution in [3.05, 3.63) is 52.0 Å². The number of hydrogen-bond donors (Lipinski definition) is 2. The highest BCUT2D eigenvalue weighted by molar-refractivity contribution is 7.89. The minimum absolute atomic E-state index is 0.171. The summed E-state index contributed by atoms with van der Waals surface area (Å²) in [5.41, 5.74) is -4.08. The number of furan rings is 1. The van der Waals surface area contributed by atoms with Crippen LogP contribution in [-0.4, -0.2) is 48.6 Å². The average molecular weight is 477 g/mol. The molecule has 0 saturated carbocycles. The summed E-state index contributed by atoms with van der Waals surface area (Å²) in [4.78, 5) is 10.4. The van der Waals surface area contributed by atoms with E-state index < -0.39 is 51.1 Å². The lowest BCUT2D eigenvalue weighted by atomic mass is 9.95. The van der Waals surface area contributed by atoms with Crippen molar-refractivity contribution in [3.63, 3.8) is 0 Å². The molecule has 2 N–H and O–H groups in total. The Morgan fingerprint density at radius 1 is 1.22 bits per heavy atom. The van der Waals surface area contributed by atoms with Gasteiger partial charge >= 0.3 is 6.18 Å². The Kier molecular flexibility index (Phi) is 6.54. The number of halogens is 3. The number of nitrogens with one attached hydrogen (secondary N) is 1. The molecule has 1 aliphatic rings. The highest BCUT2D eigenvalue weighted by atomic mass is 32.2. The van der Waals surface area contributed by atoms with Crippen molar-refractivity contribution in [3.8, 4) is 0 Å². The molecule has 0 bridgehead atoms. The van der Waals surface area contributed by atoms with E-state index in [1.54, 1.807) is 0 Å². The first-order valence-corrected chi connectivity index (χ1v) is 11.2. The molecule has 1 fully saturated rings. The Hall–Kier alpha value is -2.64. The Bertz CT molecular complexity index is 1100. The van der Waals surface area contributed by atoms with Crippen LogP contribution in [0, 0.1) is 17.0 Å². The van der Waals surface area contributed by atoms with Gasteiger partial charge in [-0.15, -0.1) is 0 Å². The molecule has 1 aromatic carbocycles. The molecule has 0 aliphatic carbocycles. The van der Waals surface area contributed by atoms with Gasteiger partial charge < -0.3 is 14.8 Å². The first-order valence-electron chi connectivity index (χ1n) is 9.75. The van der Waals surface area contributed by atoms with Crippen LogP contribution in [0.1, 0.15) is 30.8 Å². The predicted octanol–water partition coefficient (Wildman–Crippen LogP) is 3.53. The number of nitro groups is 1. The molecule has 3 rings (SSSR count). The zero-order valence-electron chi connectivity index (χ0n) is 17.1. The van der Waals surface area contributed by atoms with Gasteiger partial charge in [-0.1, -0.05) is 0 Å². The lowest BCUT2D eigenvalue weighted by Crippen LogP contribution is -2.43. The Morgan fingerprint density at radius 2 is 1.88 bits per heavy atom. The van der Waals surface area contributed by atoms with Crippen LogP contribution in [0.5, 0.6) is 0 Å². The summed E-state index contributed by atoms with van der Waals surface area (Å²) in [6.45, 7) is 1.56. The highest BCUT2D eigenvalue weighted by Gasteiger charge is 2.56. The van der Waals surface area contributed by atoms with Crippen molar-refractivity contribution in [2.75, 3.05) is 25.0 Å². The fraction of sp³-hybridized carbons (Fsp3) is 0.474. The van der Waals surface area contributed by atoms with E-state index in [0.29, 0.717) is 25.9 Å². The monoisotopic (exact) mass is 477 g/mol. The SMILES string of the molecule is Cc1ccc(C(O)(CCNc2ccc(S(=O)(=O)N3CCCC3)cc2[N+](=O)[O-])C(F)(F)F)o1. The largest absolute Gasteiger partial charge is 0.463 e. The van der Waals surface area contributed by atoms with Gasteiger partial charge in [0.1, 0.15) is 17.2 Å². The summed E-state index contributed by atoms with van der Waals surface area (Å²) < 4.78 is 72.1. The maximum absolute atomic E-state index is 13.5. The Labute approximate surface area is 182 Å². The molecule has 0 spiro atoms. The number of rotatable bonds is 8. The molecule has 0 radical (unpaired) electrons. The van der Waals surface area contributed by atoms with Gasteiger partial charge in [-0.05, 0) is 44.0 Å². The van der Waals surface area contributed by atoms with Gasteiger partial charge in [0.2, 0.25) is 15.6 Å². The second-order valence-corrected chi connectivity index (χ2v) is 9.43. The van der Waals surface area contributed by atoms with Crippen LogP contribution in [0.25, 0.3) is 0 Å². The maximum Gasteiger partial charge on any atom is 0.424 e. The number of aliphatic hydroxyl groups is 1. The van der Waals surface area contributed by atoms with Crippen molar-refractivity contribution in [1.82, 2.24) is 4.31 Å². The van der Waals surface area contributed by atoms with Crippen molar-refractivity contribution in [1.29, 1.82) is 0 Å². The number of benzene rings is 1. The van der Waals surface area contributed by atoms with Crippen LogP contribution in [0.2, 0.25) is 0 Å². The van der Waals surface area contributed by atoms with Crippen LogP contribution in [0.3, 0.4) is 0 Å². The Balaban J connectivity index is 1.82. The molecule has 1 aliphatic heterocycles. The lowest BCUT2D eigenvalue weighted by molar-refractivity contribution is -0.384. The van der Waals surface area contributed by atoms with Crippen molar-refractivity contribution in [2.24, 2.45) is 0 Å². The normalized spacial score (nSPS) is 17.3. The summed E-state index contributed by atoms with van der Waals surface area (Å²) in [6.07, 6.45) is -4.57. The molecule has 32 heavy (non-hydrogen) atoms. The average Bonchev–Trinajstić information content (AvgIpc) is 3.39. The molecule has 2 heterocycles. The van der Waals surface area contributed by atoms with Gasteiger partial charge in [0.25, 0.3) is 5.69 Å². The summed E-state index contributed by atoms with van der Waals surface area (Å²) >= 11 is 0. The van der Waals surface area contributed by atoms with Crippen molar-refractivity contribution in [2.45, 2.75) is 42.9 Å². The second-order valence-electron chi connectivity index (χ2n) is 7.49. The van der Waals surface area contributed by atoms with Crippen LogP contribution < -0.4 is 5.32 Å². The van der Waals surface area contributed by atoms with E-state index in [1.165, 1.54) is 17.3 Å². The fourth-order valence-corrected chi connectivity index (χ4v) is 5.03. The van der Waals surface area contributed by atoms with Gasteiger partial charge in [0.05, 0.1) is 9.82 Å². The zero-order valence-corrected chi connectivity index (χ0v) is 17.9. The second kappa shape index (κ2) is 8.71. The number of alkyl halides is 3. The molecule has 0 amide bonds. The van der Waals surface area contributed by atoms with Gasteiger partial charge in [-0.25, -0.2) is 8.42 Å². The smallest absolute Gasteiger partial charge is 0.424 e. The minimum Gasteiger partial charge on any atom is -0.463 e. The zero-order chi connectivity index (χ0) is 23.7. The summed E-state index contributed by atoms with van der Waals surface area (Å²) in [5, 5.41) is 24.3. The van der Waals surface area contributed by atoms with E-state index in [4.69, 9.17) is 4.42 Å². The molecule has 176 valence electrons. The van der Waals surface area contributed by atoms with Crippen LogP contribution >= 0.6 is 0 Å². The van der Waals surface area contributed by atoms with Crippen LogP contribution in [0.4, 0.5) is 24.5 Å². The number of nitrogens with zero attached hydrogens (tertiary/aromatic N) is 2. The molecule has 1 unspecified atom stereocenters. The third-order valence-electron chi connectivity index (χ3n) is 5.29. The number of aryl methyl sites for hydroxylation is 1. The molecular formula is C19H22F3N3O6S. The highest BCUT2D eigenvalue weighted by Crippen LogP contribution is 2.42. The summed E-state index contributed by atoms with van der Waals surface area (Å²) in [6, 6.07) is 5.47. The van der Waals surface area contributed by atoms with Gasteiger partial charge in [-0.3, -0.25) is 10.1 Å². The van der Waals surface area contributed by atoms with E-state index in [9.17, 15) is 36.8 Å². The van der Waals surface area contributed by atoms with E-state index in [2.05, 4.69) is 5.32 Å². The number of anilines is 1. The summed E-state index contributed by atoms with van der Waals surface area (Å²) in [7, 11) is -3.91. The first kappa shape index (κ1) is 24.0. The van der Waals surface area contributed by atoms with E-state index >= 15 is 0 Å². The molecular weight excluding hydrogens is 455 g/mol. The van der Waals surface area contributed by atoms with E-state index in [1.807, 2.05) is 0 Å². The summed E-state index contributed by atoms with van der Waals surface area (Å²) in [5.74, 6) is -0.507. The third-order valence-corrected chi connectivity index (χ3v) is 7.18. The van der Waals surface area contributed by atoms with Crippen LogP contribution in [-0.2, 0) is 15.6 Å². The standard InChI is InChI=1S/C19H22F3N3O6S/c1-13-4-7-17(31-13)18(26,19(20,21)22)8-9-23-15-6-5-14(12-16(15)25(27)28)32(29,30)24-10-2-3-11-24/h4-7,12,23,26H,2-3,8-11H2,1H3. The van der Waals surface area contributed by atoms with Crippen molar-refractivity contribution >= 4 is 21.4 Å². The van der Waals surface area contributed by atoms with Gasteiger partial charge in [0.15, 0.2) is 0 Å². The first-order chi connectivity index (χ1) is 14.9. The van der Waals surface area contributed by atoms with Crippen molar-refractivity contribution < 1.29 is 36.0 Å². The minimum atomic E-state index is -5.06. The van der Waals surface area contributed by atoms with Gasteiger partial charge in [0, 0.05) is 32.1 Å². The molecule has 1 saturated heterocycles.